The first-order chi connectivity index (χ1) is 7.32. The summed E-state index contributed by atoms with van der Waals surface area (Å²) < 4.78 is 0. The average Bonchev–Trinajstić information content (AvgIpc) is 2.66. The molecule has 0 saturated heterocycles. The van der Waals surface area contributed by atoms with Crippen LogP contribution in [0.5, 0.6) is 0 Å². The number of aliphatic hydroxyl groups excluding tert-OH is 1. The highest BCUT2D eigenvalue weighted by Crippen LogP contribution is 2.35. The summed E-state index contributed by atoms with van der Waals surface area (Å²) in [4.78, 5) is 0. The molecule has 0 heterocycles. The second kappa shape index (κ2) is 4.01. The van der Waals surface area contributed by atoms with Gasteiger partial charge in [0.25, 0.3) is 0 Å². The third kappa shape index (κ3) is 1.63. The van der Waals surface area contributed by atoms with Crippen molar-refractivity contribution in [1.29, 1.82) is 5.26 Å². The minimum absolute atomic E-state index is 0.0611. The van der Waals surface area contributed by atoms with Crippen LogP contribution in [0.4, 0.5) is 0 Å². The summed E-state index contributed by atoms with van der Waals surface area (Å²) in [6, 6.07) is 10.4. The number of aliphatic hydroxyl groups is 1. The number of benzene rings is 1. The second-order valence-electron chi connectivity index (χ2n) is 3.82. The summed E-state index contributed by atoms with van der Waals surface area (Å²) in [6.07, 6.45) is 1.73. The first-order valence-electron chi connectivity index (χ1n) is 5.18. The molecule has 0 bridgehead atoms. The van der Waals surface area contributed by atoms with Crippen molar-refractivity contribution in [3.05, 3.63) is 35.4 Å². The van der Waals surface area contributed by atoms with E-state index in [0.717, 1.165) is 18.4 Å². The van der Waals surface area contributed by atoms with Gasteiger partial charge in [-0.05, 0) is 24.0 Å². The van der Waals surface area contributed by atoms with Crippen LogP contribution in [0.3, 0.4) is 0 Å². The van der Waals surface area contributed by atoms with E-state index in [9.17, 15) is 5.26 Å². The number of fused-ring (bicyclic) bond motifs is 1. The number of rotatable bonds is 3. The minimum Gasteiger partial charge on any atom is -0.395 e. The lowest BCUT2D eigenvalue weighted by atomic mass is 9.93. The van der Waals surface area contributed by atoms with E-state index in [-0.39, 0.29) is 6.61 Å². The zero-order valence-corrected chi connectivity index (χ0v) is 8.53. The lowest BCUT2D eigenvalue weighted by Crippen LogP contribution is -2.40. The van der Waals surface area contributed by atoms with Crippen LogP contribution in [0.15, 0.2) is 24.3 Å². The third-order valence-electron chi connectivity index (χ3n) is 2.98. The quantitative estimate of drug-likeness (QED) is 0.766. The molecule has 0 radical (unpaired) electrons. The van der Waals surface area contributed by atoms with Crippen molar-refractivity contribution in [3.8, 4) is 6.07 Å². The molecule has 78 valence electrons. The van der Waals surface area contributed by atoms with Gasteiger partial charge >= 0.3 is 0 Å². The number of hydrogen-bond acceptors (Lipinski definition) is 3. The Hall–Kier alpha value is -1.37. The molecule has 1 unspecified atom stereocenters. The molecule has 1 aliphatic carbocycles. The zero-order chi connectivity index (χ0) is 10.7. The van der Waals surface area contributed by atoms with Gasteiger partial charge in [0, 0.05) is 6.54 Å². The molecule has 0 spiro atoms. The van der Waals surface area contributed by atoms with Gasteiger partial charge in [0.1, 0.15) is 5.54 Å². The molecule has 1 aliphatic rings. The standard InChI is InChI=1S/C12H14N2O/c13-9-12(14-7-8-15)6-5-10-3-1-2-4-11(10)12/h1-4,14-15H,5-8H2. The highest BCUT2D eigenvalue weighted by Gasteiger charge is 2.37. The maximum atomic E-state index is 9.30. The predicted octanol–water partition coefficient (Wildman–Crippen LogP) is 0.934. The molecule has 0 amide bonds. The molecule has 0 aromatic heterocycles. The van der Waals surface area contributed by atoms with Crippen LogP contribution in [0.2, 0.25) is 0 Å². The number of hydrogen-bond donors (Lipinski definition) is 2. The molecule has 0 aliphatic heterocycles. The van der Waals surface area contributed by atoms with Crippen LogP contribution in [0.25, 0.3) is 0 Å². The van der Waals surface area contributed by atoms with E-state index < -0.39 is 5.54 Å². The molecule has 2 rings (SSSR count). The van der Waals surface area contributed by atoms with E-state index in [0.29, 0.717) is 6.54 Å². The van der Waals surface area contributed by atoms with E-state index in [1.165, 1.54) is 5.56 Å². The Morgan fingerprint density at radius 3 is 3.00 bits per heavy atom. The summed E-state index contributed by atoms with van der Waals surface area (Å²) in [5, 5.41) is 21.2. The normalized spacial score (nSPS) is 23.5. The van der Waals surface area contributed by atoms with Gasteiger partial charge in [0.2, 0.25) is 0 Å². The molecular formula is C12H14N2O. The minimum atomic E-state index is -0.584. The van der Waals surface area contributed by atoms with E-state index in [2.05, 4.69) is 17.5 Å². The van der Waals surface area contributed by atoms with Crippen LogP contribution >= 0.6 is 0 Å². The molecule has 1 atom stereocenters. The van der Waals surface area contributed by atoms with Crippen LogP contribution in [-0.2, 0) is 12.0 Å². The predicted molar refractivity (Wildman–Crippen MR) is 57.1 cm³/mol. The van der Waals surface area contributed by atoms with Crippen LogP contribution in [0, 0.1) is 11.3 Å². The first-order valence-corrected chi connectivity index (χ1v) is 5.18. The van der Waals surface area contributed by atoms with Gasteiger partial charge in [0.15, 0.2) is 0 Å². The zero-order valence-electron chi connectivity index (χ0n) is 8.53. The SMILES string of the molecule is N#CC1(NCCO)CCc2ccccc21. The Morgan fingerprint density at radius 1 is 1.47 bits per heavy atom. The average molecular weight is 202 g/mol. The Balaban J connectivity index is 2.34. The fourth-order valence-electron chi connectivity index (χ4n) is 2.22. The Labute approximate surface area is 89.4 Å². The molecule has 0 saturated carbocycles. The molecule has 2 N–H and O–H groups in total. The van der Waals surface area contributed by atoms with Crippen molar-refractivity contribution in [2.24, 2.45) is 0 Å². The summed E-state index contributed by atoms with van der Waals surface area (Å²) in [5.74, 6) is 0. The van der Waals surface area contributed by atoms with Crippen LogP contribution in [-0.4, -0.2) is 18.3 Å². The number of nitrogens with zero attached hydrogens (tertiary/aromatic N) is 1. The van der Waals surface area contributed by atoms with Crippen molar-refractivity contribution in [3.63, 3.8) is 0 Å². The lowest BCUT2D eigenvalue weighted by Gasteiger charge is -2.23. The fourth-order valence-corrected chi connectivity index (χ4v) is 2.22. The van der Waals surface area contributed by atoms with Crippen LogP contribution < -0.4 is 5.32 Å². The maximum absolute atomic E-state index is 9.30. The van der Waals surface area contributed by atoms with Gasteiger partial charge in [-0.25, -0.2) is 0 Å². The van der Waals surface area contributed by atoms with Gasteiger partial charge in [-0.1, -0.05) is 24.3 Å². The van der Waals surface area contributed by atoms with E-state index in [4.69, 9.17) is 5.11 Å². The summed E-state index contributed by atoms with van der Waals surface area (Å²) in [5.41, 5.74) is 1.73. The third-order valence-corrected chi connectivity index (χ3v) is 2.98. The fraction of sp³-hybridized carbons (Fsp3) is 0.417. The highest BCUT2D eigenvalue weighted by atomic mass is 16.3. The molecule has 1 aromatic carbocycles. The Bertz CT molecular complexity index is 397. The number of aryl methyl sites for hydroxylation is 1. The molecule has 0 fully saturated rings. The molecular weight excluding hydrogens is 188 g/mol. The largest absolute Gasteiger partial charge is 0.395 e. The van der Waals surface area contributed by atoms with Gasteiger partial charge in [-0.15, -0.1) is 0 Å². The molecule has 3 heteroatoms. The van der Waals surface area contributed by atoms with Crippen molar-refractivity contribution >= 4 is 0 Å². The Morgan fingerprint density at radius 2 is 2.27 bits per heavy atom. The monoisotopic (exact) mass is 202 g/mol. The van der Waals surface area contributed by atoms with Crippen molar-refractivity contribution < 1.29 is 5.11 Å². The molecule has 1 aromatic rings. The van der Waals surface area contributed by atoms with E-state index >= 15 is 0 Å². The molecule has 3 nitrogen and oxygen atoms in total. The van der Waals surface area contributed by atoms with Crippen molar-refractivity contribution in [1.82, 2.24) is 5.32 Å². The maximum Gasteiger partial charge on any atom is 0.132 e. The van der Waals surface area contributed by atoms with Gasteiger partial charge in [0.05, 0.1) is 12.7 Å². The highest BCUT2D eigenvalue weighted by molar-refractivity contribution is 5.43. The van der Waals surface area contributed by atoms with Gasteiger partial charge in [-0.2, -0.15) is 5.26 Å². The van der Waals surface area contributed by atoms with E-state index in [1.54, 1.807) is 0 Å². The smallest absolute Gasteiger partial charge is 0.132 e. The van der Waals surface area contributed by atoms with Gasteiger partial charge in [-0.3, -0.25) is 5.32 Å². The van der Waals surface area contributed by atoms with Crippen molar-refractivity contribution in [2.45, 2.75) is 18.4 Å². The topological polar surface area (TPSA) is 56.0 Å². The summed E-state index contributed by atoms with van der Waals surface area (Å²) in [6.45, 7) is 0.521. The summed E-state index contributed by atoms with van der Waals surface area (Å²) >= 11 is 0. The summed E-state index contributed by atoms with van der Waals surface area (Å²) in [7, 11) is 0. The van der Waals surface area contributed by atoms with E-state index in [1.807, 2.05) is 18.2 Å². The van der Waals surface area contributed by atoms with Crippen LogP contribution in [0.1, 0.15) is 17.5 Å². The Kier molecular flexibility index (Phi) is 2.72. The number of nitrogens with one attached hydrogen (secondary N) is 1. The first kappa shape index (κ1) is 10.2. The second-order valence-corrected chi connectivity index (χ2v) is 3.82. The van der Waals surface area contributed by atoms with Crippen molar-refractivity contribution in [2.75, 3.05) is 13.2 Å². The molecule has 15 heavy (non-hydrogen) atoms. The number of nitriles is 1. The van der Waals surface area contributed by atoms with Gasteiger partial charge < -0.3 is 5.11 Å². The lowest BCUT2D eigenvalue weighted by molar-refractivity contribution is 0.272.